The van der Waals surface area contributed by atoms with Crippen molar-refractivity contribution in [2.75, 3.05) is 0 Å². The second-order valence-electron chi connectivity index (χ2n) is 8.11. The molecule has 0 unspecified atom stereocenters. The Kier molecular flexibility index (Phi) is 6.55. The molecule has 4 rings (SSSR count). The van der Waals surface area contributed by atoms with Crippen LogP contribution in [-0.4, -0.2) is 54.5 Å². The molecule has 0 heterocycles. The first-order valence-corrected chi connectivity index (χ1v) is 10.9. The first kappa shape index (κ1) is 25.5. The Morgan fingerprint density at radius 3 is 1.55 bits per heavy atom. The molecule has 4 aromatic carbocycles. The molecule has 0 aliphatic heterocycles. The van der Waals surface area contributed by atoms with Gasteiger partial charge in [0.15, 0.2) is 0 Å². The Bertz CT molecular complexity index is 1650. The van der Waals surface area contributed by atoms with Crippen molar-refractivity contribution in [2.24, 2.45) is 0 Å². The molecule has 0 fully saturated rings. The topological polar surface area (TPSA) is 190 Å². The van der Waals surface area contributed by atoms with E-state index in [2.05, 4.69) is 0 Å². The van der Waals surface area contributed by atoms with Crippen molar-refractivity contribution in [1.29, 1.82) is 0 Å². The van der Waals surface area contributed by atoms with E-state index in [-0.39, 0.29) is 39.1 Å². The summed E-state index contributed by atoms with van der Waals surface area (Å²) in [5.74, 6) is -6.84. The van der Waals surface area contributed by atoms with E-state index >= 15 is 0 Å². The summed E-state index contributed by atoms with van der Waals surface area (Å²) >= 11 is 0. The van der Waals surface area contributed by atoms with Gasteiger partial charge in [-0.1, -0.05) is 42.5 Å². The number of aromatic carboxylic acids is 4. The zero-order chi connectivity index (χ0) is 27.7. The second-order valence-corrected chi connectivity index (χ2v) is 8.11. The Labute approximate surface area is 213 Å². The second kappa shape index (κ2) is 9.78. The van der Waals surface area contributed by atoms with E-state index in [1.54, 1.807) is 0 Å². The Morgan fingerprint density at radius 2 is 1.03 bits per heavy atom. The minimum Gasteiger partial charge on any atom is -0.508 e. The summed E-state index contributed by atoms with van der Waals surface area (Å²) in [4.78, 5) is 48.1. The van der Waals surface area contributed by atoms with Crippen molar-refractivity contribution in [3.63, 3.8) is 0 Å². The Hall–Kier alpha value is -5.64. The number of hydrogen-bond donors (Lipinski definition) is 6. The van der Waals surface area contributed by atoms with Gasteiger partial charge in [0, 0.05) is 16.7 Å². The lowest BCUT2D eigenvalue weighted by Gasteiger charge is -2.21. The van der Waals surface area contributed by atoms with Crippen molar-refractivity contribution in [1.82, 2.24) is 0 Å². The normalized spacial score (nSPS) is 10.6. The highest BCUT2D eigenvalue weighted by Crippen LogP contribution is 2.47. The molecule has 10 nitrogen and oxygen atoms in total. The maximum atomic E-state index is 12.2. The molecule has 4 aromatic rings. The third-order valence-electron chi connectivity index (χ3n) is 5.90. The summed E-state index contributed by atoms with van der Waals surface area (Å²) in [6.07, 6.45) is 0. The fourth-order valence-electron chi connectivity index (χ4n) is 4.40. The van der Waals surface area contributed by atoms with Crippen molar-refractivity contribution < 1.29 is 49.8 Å². The van der Waals surface area contributed by atoms with Crippen LogP contribution < -0.4 is 0 Å². The van der Waals surface area contributed by atoms with Gasteiger partial charge in [-0.2, -0.15) is 0 Å². The van der Waals surface area contributed by atoms with E-state index in [1.807, 2.05) is 0 Å². The summed E-state index contributed by atoms with van der Waals surface area (Å²) in [5, 5.41) is 60.2. The molecule has 0 saturated heterocycles. The van der Waals surface area contributed by atoms with Crippen molar-refractivity contribution in [3.05, 3.63) is 95.1 Å². The van der Waals surface area contributed by atoms with E-state index in [4.69, 9.17) is 0 Å². The summed E-state index contributed by atoms with van der Waals surface area (Å²) in [6, 6.07) is 15.5. The SMILES string of the molecule is O=C(O)c1cccc(-c2ccc(O)c(-c3cccc(C(=O)O)c3C(=O)O)c2-c2cccc(O)c2)c1C(=O)O. The van der Waals surface area contributed by atoms with Gasteiger partial charge in [0.25, 0.3) is 0 Å². The third kappa shape index (κ3) is 4.37. The minimum atomic E-state index is -1.59. The van der Waals surface area contributed by atoms with Crippen LogP contribution in [0.4, 0.5) is 0 Å². The van der Waals surface area contributed by atoms with Crippen LogP contribution in [0.2, 0.25) is 0 Å². The van der Waals surface area contributed by atoms with Gasteiger partial charge in [-0.15, -0.1) is 0 Å². The number of phenolic OH excluding ortho intramolecular Hbond substituents is 2. The van der Waals surface area contributed by atoms with Crippen LogP contribution in [-0.2, 0) is 0 Å². The maximum absolute atomic E-state index is 12.2. The Balaban J connectivity index is 2.24. The monoisotopic (exact) mass is 514 g/mol. The number of hydrogen-bond acceptors (Lipinski definition) is 6. The van der Waals surface area contributed by atoms with Gasteiger partial charge in [-0.05, 0) is 47.0 Å². The van der Waals surface area contributed by atoms with Gasteiger partial charge in [0.1, 0.15) is 11.5 Å². The largest absolute Gasteiger partial charge is 0.508 e. The quantitative estimate of drug-likeness (QED) is 0.198. The van der Waals surface area contributed by atoms with E-state index in [1.165, 1.54) is 54.6 Å². The summed E-state index contributed by atoms with van der Waals surface area (Å²) in [6.45, 7) is 0. The molecule has 0 atom stereocenters. The zero-order valence-corrected chi connectivity index (χ0v) is 19.2. The third-order valence-corrected chi connectivity index (χ3v) is 5.90. The molecule has 0 spiro atoms. The smallest absolute Gasteiger partial charge is 0.337 e. The minimum absolute atomic E-state index is 0.0379. The number of rotatable bonds is 7. The highest BCUT2D eigenvalue weighted by Gasteiger charge is 2.28. The lowest BCUT2D eigenvalue weighted by atomic mass is 9.83. The van der Waals surface area contributed by atoms with Crippen LogP contribution >= 0.6 is 0 Å². The predicted octanol–water partition coefficient (Wildman–Crippen LogP) is 4.89. The van der Waals surface area contributed by atoms with Crippen LogP contribution in [0.25, 0.3) is 33.4 Å². The van der Waals surface area contributed by atoms with E-state index in [0.29, 0.717) is 0 Å². The van der Waals surface area contributed by atoms with Crippen molar-refractivity contribution >= 4 is 23.9 Å². The lowest BCUT2D eigenvalue weighted by Crippen LogP contribution is -2.11. The van der Waals surface area contributed by atoms with Gasteiger partial charge in [-0.25, -0.2) is 19.2 Å². The molecule has 0 amide bonds. The summed E-state index contributed by atoms with van der Waals surface area (Å²) in [7, 11) is 0. The van der Waals surface area contributed by atoms with Crippen LogP contribution in [0.5, 0.6) is 11.5 Å². The number of phenols is 2. The lowest BCUT2D eigenvalue weighted by molar-refractivity contribution is 0.0652. The number of aromatic hydroxyl groups is 2. The average Bonchev–Trinajstić information content (AvgIpc) is 2.87. The van der Waals surface area contributed by atoms with Crippen molar-refractivity contribution in [2.45, 2.75) is 0 Å². The molecule has 10 heteroatoms. The predicted molar refractivity (Wildman–Crippen MR) is 134 cm³/mol. The highest BCUT2D eigenvalue weighted by atomic mass is 16.4. The molecular weight excluding hydrogens is 496 g/mol. The van der Waals surface area contributed by atoms with Gasteiger partial charge in [-0.3, -0.25) is 0 Å². The number of carboxylic acids is 4. The molecule has 0 aliphatic rings. The highest BCUT2D eigenvalue weighted by molar-refractivity contribution is 6.12. The number of carboxylic acid groups (broad SMARTS) is 4. The Morgan fingerprint density at radius 1 is 0.500 bits per heavy atom. The van der Waals surface area contributed by atoms with Crippen LogP contribution in [0, 0.1) is 0 Å². The van der Waals surface area contributed by atoms with E-state index in [9.17, 15) is 49.8 Å². The first-order valence-electron chi connectivity index (χ1n) is 10.9. The van der Waals surface area contributed by atoms with Gasteiger partial charge in [0.2, 0.25) is 0 Å². The molecule has 38 heavy (non-hydrogen) atoms. The molecular formula is C28H18O10. The summed E-state index contributed by atoms with van der Waals surface area (Å²) in [5.41, 5.74) is -2.35. The molecule has 0 radical (unpaired) electrons. The maximum Gasteiger partial charge on any atom is 0.337 e. The molecule has 190 valence electrons. The molecule has 6 N–H and O–H groups in total. The molecule has 0 bridgehead atoms. The average molecular weight is 514 g/mol. The summed E-state index contributed by atoms with van der Waals surface area (Å²) < 4.78 is 0. The van der Waals surface area contributed by atoms with Crippen LogP contribution in [0.1, 0.15) is 41.4 Å². The van der Waals surface area contributed by atoms with E-state index in [0.717, 1.165) is 18.2 Å². The molecule has 0 aliphatic carbocycles. The molecule has 0 aromatic heterocycles. The first-order chi connectivity index (χ1) is 18.0. The van der Waals surface area contributed by atoms with Crippen LogP contribution in [0.3, 0.4) is 0 Å². The van der Waals surface area contributed by atoms with E-state index < -0.39 is 51.9 Å². The zero-order valence-electron chi connectivity index (χ0n) is 19.2. The van der Waals surface area contributed by atoms with Gasteiger partial charge >= 0.3 is 23.9 Å². The van der Waals surface area contributed by atoms with Gasteiger partial charge < -0.3 is 30.6 Å². The number of benzene rings is 4. The van der Waals surface area contributed by atoms with Crippen molar-refractivity contribution in [3.8, 4) is 44.9 Å². The number of carbonyl (C=O) groups is 4. The standard InChI is InChI=1S/C28H18O10/c29-14-5-1-4-13(12-14)21-16(15-6-2-8-18(25(31)32)22(15)27(35)36)10-11-20(30)24(21)17-7-3-9-19(26(33)34)23(17)28(37)38/h1-12,29-30H,(H,31,32)(H,33,34)(H,35,36)(H,37,38). The fourth-order valence-corrected chi connectivity index (χ4v) is 4.40. The molecule has 0 saturated carbocycles. The van der Waals surface area contributed by atoms with Gasteiger partial charge in [0.05, 0.1) is 22.3 Å². The fraction of sp³-hybridized carbons (Fsp3) is 0. The van der Waals surface area contributed by atoms with Crippen LogP contribution in [0.15, 0.2) is 72.8 Å².